The zero-order valence-electron chi connectivity index (χ0n) is 11.4. The lowest BCUT2D eigenvalue weighted by Crippen LogP contribution is -2.42. The highest BCUT2D eigenvalue weighted by atomic mass is 16.6. The first kappa shape index (κ1) is 17.2. The van der Waals surface area contributed by atoms with Gasteiger partial charge in [-0.15, -0.1) is 6.58 Å². The van der Waals surface area contributed by atoms with Gasteiger partial charge in [-0.25, -0.2) is 9.59 Å². The second-order valence-electron chi connectivity index (χ2n) is 3.85. The van der Waals surface area contributed by atoms with E-state index in [-0.39, 0.29) is 25.2 Å². The molecule has 0 bridgehead atoms. The maximum absolute atomic E-state index is 11.5. The van der Waals surface area contributed by atoms with Crippen molar-refractivity contribution in [2.75, 3.05) is 13.7 Å². The van der Waals surface area contributed by atoms with E-state index in [1.165, 1.54) is 7.11 Å². The summed E-state index contributed by atoms with van der Waals surface area (Å²) in [7, 11) is 1.22. The van der Waals surface area contributed by atoms with Crippen LogP contribution in [0.2, 0.25) is 0 Å². The fourth-order valence-electron chi connectivity index (χ4n) is 1.40. The number of carbonyl (C=O) groups is 3. The van der Waals surface area contributed by atoms with Crippen molar-refractivity contribution in [3.63, 3.8) is 0 Å². The minimum Gasteiger partial charge on any atom is -0.467 e. The van der Waals surface area contributed by atoms with E-state index < -0.39 is 18.1 Å². The second-order valence-corrected chi connectivity index (χ2v) is 3.85. The van der Waals surface area contributed by atoms with Crippen LogP contribution in [0.25, 0.3) is 0 Å². The fourth-order valence-corrected chi connectivity index (χ4v) is 1.40. The van der Waals surface area contributed by atoms with Gasteiger partial charge in [-0.2, -0.15) is 0 Å². The van der Waals surface area contributed by atoms with Gasteiger partial charge in [0.25, 0.3) is 0 Å². The van der Waals surface area contributed by atoms with Crippen LogP contribution in [-0.4, -0.2) is 37.6 Å². The number of ether oxygens (including phenoxy) is 2. The topological polar surface area (TPSA) is 81.7 Å². The summed E-state index contributed by atoms with van der Waals surface area (Å²) in [5.41, 5.74) is 0. The number of ketones is 1. The summed E-state index contributed by atoms with van der Waals surface area (Å²) in [5, 5.41) is 2.37. The summed E-state index contributed by atoms with van der Waals surface area (Å²) < 4.78 is 9.25. The number of nitrogens with one attached hydrogen (secondary N) is 1. The van der Waals surface area contributed by atoms with Gasteiger partial charge < -0.3 is 14.8 Å². The Labute approximate surface area is 113 Å². The van der Waals surface area contributed by atoms with Crippen molar-refractivity contribution >= 4 is 17.8 Å². The summed E-state index contributed by atoms with van der Waals surface area (Å²) in [6.45, 7) is 5.39. The summed E-state index contributed by atoms with van der Waals surface area (Å²) in [6, 6.07) is -0.864. The molecule has 0 heterocycles. The minimum absolute atomic E-state index is 0.0134. The van der Waals surface area contributed by atoms with Crippen molar-refractivity contribution in [1.29, 1.82) is 0 Å². The van der Waals surface area contributed by atoms with Crippen molar-refractivity contribution in [3.05, 3.63) is 12.7 Å². The predicted octanol–water partition coefficient (Wildman–Crippen LogP) is 1.59. The highest BCUT2D eigenvalue weighted by Crippen LogP contribution is 2.05. The first-order valence-electron chi connectivity index (χ1n) is 6.18. The quantitative estimate of drug-likeness (QED) is 0.508. The average Bonchev–Trinajstić information content (AvgIpc) is 2.40. The molecule has 0 aromatic heterocycles. The molecule has 19 heavy (non-hydrogen) atoms. The second kappa shape index (κ2) is 10.1. The summed E-state index contributed by atoms with van der Waals surface area (Å²) in [4.78, 5) is 34.2. The molecule has 0 unspecified atom stereocenters. The van der Waals surface area contributed by atoms with Crippen LogP contribution in [-0.2, 0) is 19.1 Å². The van der Waals surface area contributed by atoms with Crippen molar-refractivity contribution in [3.8, 4) is 0 Å². The third kappa shape index (κ3) is 7.96. The Balaban J connectivity index is 4.27. The molecule has 1 atom stereocenters. The molecule has 1 amide bonds. The maximum Gasteiger partial charge on any atom is 0.407 e. The molecule has 0 saturated carbocycles. The molecule has 0 aromatic rings. The van der Waals surface area contributed by atoms with Crippen molar-refractivity contribution in [2.45, 2.75) is 38.6 Å². The molecule has 0 saturated heterocycles. The molecule has 0 aliphatic rings. The number of allylic oxidation sites excluding steroid dienone is 1. The molecule has 6 heteroatoms. The molecule has 0 fully saturated rings. The van der Waals surface area contributed by atoms with E-state index in [0.29, 0.717) is 12.8 Å². The normalized spacial score (nSPS) is 11.3. The Morgan fingerprint density at radius 1 is 1.32 bits per heavy atom. The van der Waals surface area contributed by atoms with Crippen molar-refractivity contribution in [1.82, 2.24) is 5.32 Å². The molecule has 108 valence electrons. The number of Topliss-reactive ketones (excluding diaryl/α,β-unsaturated/α-hetero) is 1. The Kier molecular flexibility index (Phi) is 9.12. The lowest BCUT2D eigenvalue weighted by Gasteiger charge is -2.15. The molecule has 6 nitrogen and oxygen atoms in total. The number of hydrogen-bond donors (Lipinski definition) is 1. The van der Waals surface area contributed by atoms with Crippen LogP contribution in [0.5, 0.6) is 0 Å². The molecule has 0 aliphatic heterocycles. The predicted molar refractivity (Wildman–Crippen MR) is 69.6 cm³/mol. The highest BCUT2D eigenvalue weighted by molar-refractivity contribution is 5.83. The molecule has 0 aliphatic carbocycles. The number of hydrogen-bond acceptors (Lipinski definition) is 5. The summed E-state index contributed by atoms with van der Waals surface area (Å²) in [5.74, 6) is -0.580. The van der Waals surface area contributed by atoms with Gasteiger partial charge in [-0.05, 0) is 19.8 Å². The fraction of sp³-hybridized carbons (Fsp3) is 0.615. The number of alkyl carbamates (subject to hydrolysis) is 1. The molecule has 0 aromatic carbocycles. The maximum atomic E-state index is 11.5. The van der Waals surface area contributed by atoms with Crippen LogP contribution in [0.3, 0.4) is 0 Å². The van der Waals surface area contributed by atoms with Gasteiger partial charge in [-0.3, -0.25) is 4.79 Å². The molecule has 1 N–H and O–H groups in total. The SMILES string of the molecule is C=CCCC(=O)CC[C@H](NC(=O)OCC)C(=O)OC. The van der Waals surface area contributed by atoms with Crippen molar-refractivity contribution in [2.24, 2.45) is 0 Å². The van der Waals surface area contributed by atoms with Crippen molar-refractivity contribution < 1.29 is 23.9 Å². The van der Waals surface area contributed by atoms with Gasteiger partial charge in [0.05, 0.1) is 13.7 Å². The minimum atomic E-state index is -0.864. The van der Waals surface area contributed by atoms with Gasteiger partial charge in [0.15, 0.2) is 0 Å². The number of rotatable bonds is 9. The Morgan fingerprint density at radius 3 is 2.53 bits per heavy atom. The van der Waals surface area contributed by atoms with Gasteiger partial charge >= 0.3 is 12.1 Å². The number of esters is 1. The third-order valence-electron chi connectivity index (χ3n) is 2.39. The van der Waals surface area contributed by atoms with Crippen LogP contribution in [0.15, 0.2) is 12.7 Å². The number of methoxy groups -OCH3 is 1. The summed E-state index contributed by atoms with van der Waals surface area (Å²) >= 11 is 0. The van der Waals surface area contributed by atoms with Gasteiger partial charge in [0.1, 0.15) is 11.8 Å². The zero-order valence-corrected chi connectivity index (χ0v) is 11.4. The lowest BCUT2D eigenvalue weighted by atomic mass is 10.1. The van der Waals surface area contributed by atoms with Gasteiger partial charge in [0.2, 0.25) is 0 Å². The largest absolute Gasteiger partial charge is 0.467 e. The number of carbonyl (C=O) groups excluding carboxylic acids is 3. The first-order chi connectivity index (χ1) is 9.04. The van der Waals surface area contributed by atoms with Crippen LogP contribution in [0.4, 0.5) is 4.79 Å². The van der Waals surface area contributed by atoms with E-state index in [1.807, 2.05) is 0 Å². The molecular weight excluding hydrogens is 250 g/mol. The molecule has 0 spiro atoms. The van der Waals surface area contributed by atoms with E-state index >= 15 is 0 Å². The molecular formula is C13H21NO5. The number of amides is 1. The van der Waals surface area contributed by atoms with E-state index in [9.17, 15) is 14.4 Å². The lowest BCUT2D eigenvalue weighted by molar-refractivity contribution is -0.143. The van der Waals surface area contributed by atoms with Crippen LogP contribution in [0.1, 0.15) is 32.6 Å². The van der Waals surface area contributed by atoms with Gasteiger partial charge in [0, 0.05) is 12.8 Å². The monoisotopic (exact) mass is 271 g/mol. The van der Waals surface area contributed by atoms with Crippen LogP contribution >= 0.6 is 0 Å². The average molecular weight is 271 g/mol. The standard InChI is InChI=1S/C13H21NO5/c1-4-6-7-10(15)8-9-11(12(16)18-3)14-13(17)19-5-2/h4,11H,1,5-9H2,2-3H3,(H,14,17)/t11-/m0/s1. The molecule has 0 rings (SSSR count). The Hall–Kier alpha value is -1.85. The first-order valence-corrected chi connectivity index (χ1v) is 6.18. The van der Waals surface area contributed by atoms with Crippen LogP contribution in [0, 0.1) is 0 Å². The summed E-state index contributed by atoms with van der Waals surface area (Å²) in [6.07, 6.45) is 2.34. The Morgan fingerprint density at radius 2 is 2.00 bits per heavy atom. The molecule has 0 radical (unpaired) electrons. The van der Waals surface area contributed by atoms with E-state index in [2.05, 4.69) is 21.4 Å². The van der Waals surface area contributed by atoms with E-state index in [0.717, 1.165) is 0 Å². The smallest absolute Gasteiger partial charge is 0.407 e. The third-order valence-corrected chi connectivity index (χ3v) is 2.39. The highest BCUT2D eigenvalue weighted by Gasteiger charge is 2.22. The van der Waals surface area contributed by atoms with Crippen LogP contribution < -0.4 is 5.32 Å². The van der Waals surface area contributed by atoms with E-state index in [1.54, 1.807) is 13.0 Å². The van der Waals surface area contributed by atoms with E-state index in [4.69, 9.17) is 0 Å². The van der Waals surface area contributed by atoms with Gasteiger partial charge in [-0.1, -0.05) is 6.08 Å². The zero-order chi connectivity index (χ0) is 14.7. The Bertz CT molecular complexity index is 327.